The molecule has 4 rings (SSSR count). The molecule has 0 bridgehead atoms. The quantitative estimate of drug-likeness (QED) is 0.0829. The summed E-state index contributed by atoms with van der Waals surface area (Å²) in [6.07, 6.45) is 4.17. The summed E-state index contributed by atoms with van der Waals surface area (Å²) in [6, 6.07) is 2.44. The predicted molar refractivity (Wildman–Crippen MR) is 421 cm³/mol. The molecule has 106 heavy (non-hydrogen) atoms. The van der Waals surface area contributed by atoms with E-state index in [1.807, 2.05) is 79.3 Å². The van der Waals surface area contributed by atoms with Crippen LogP contribution >= 0.6 is 23.4 Å². The summed E-state index contributed by atoms with van der Waals surface area (Å²) in [4.78, 5) is 176. The molecule has 25 nitrogen and oxygen atoms in total. The van der Waals surface area contributed by atoms with Gasteiger partial charge in [-0.3, -0.25) is 52.7 Å². The van der Waals surface area contributed by atoms with E-state index >= 15 is 9.59 Å². The highest BCUT2D eigenvalue weighted by atomic mass is 35.5. The fourth-order valence-corrected chi connectivity index (χ4v) is 14.5. The molecule has 1 saturated heterocycles. The van der Waals surface area contributed by atoms with Crippen LogP contribution in [0.1, 0.15) is 163 Å². The maximum atomic E-state index is 15.1. The number of allylic oxidation sites excluding steroid dienone is 2. The van der Waals surface area contributed by atoms with Crippen molar-refractivity contribution < 1.29 is 57.8 Å². The number of fused-ring (bicyclic) bond motifs is 2. The number of hydrogen-bond donors (Lipinski definition) is 5. The van der Waals surface area contributed by atoms with Crippen molar-refractivity contribution in [1.29, 1.82) is 0 Å². The Morgan fingerprint density at radius 2 is 1.02 bits per heavy atom. The summed E-state index contributed by atoms with van der Waals surface area (Å²) in [5.41, 5.74) is 2.51. The van der Waals surface area contributed by atoms with E-state index in [-0.39, 0.29) is 55.8 Å². The number of nitrogens with one attached hydrogen (secondary N) is 4. The summed E-state index contributed by atoms with van der Waals surface area (Å²) < 4.78 is 0. The predicted octanol–water partition coefficient (Wildman–Crippen LogP) is 8.16. The van der Waals surface area contributed by atoms with Gasteiger partial charge in [-0.1, -0.05) is 145 Å². The number of aliphatic hydroxyl groups excluding tert-OH is 1. The first-order valence-electron chi connectivity index (χ1n) is 37.7. The SMILES string of the molecule is C/C=C/C[C@@H](C)[C@@H](O)[C@H]1C(=O)N[C@@H](CC)C(=O)N(C)CC(=O)N(C)[C@@H](CC(C)C)C(=O)N[C@@H](C(C)C)C(=O)N(C)[C@@H](CC(C)C)C(=O)N[C@@H](C)C(=O)N[C@H](C)C(=O)N(C)[C@@H](CC(C)C)C(=O)N(C)[C@@H](CC(C)C)C(=O)N(C)[C@@H](C(C)C)C(=O)N1C.CN(C)CCCN1c2ccccc2Sc2ccc(Cl)cc21. The standard InChI is InChI=1S/C62H111N11O12.C17H19ClN2S/c1-25-27-28-40(15)52(75)51-56(79)65-43(26-2)58(81)67(18)33-48(74)68(19)44(29-34(3)4)55(78)66-49(38(11)12)61(84)69(20)45(30-35(5)6)54(77)63-41(16)53(76)64-42(17)57(80)70(21)46(31-36(7)8)59(82)71(22)47(32-37(9)10)60(83)72(23)50(39(13)14)62(85)73(51)24;1-19(2)10-5-11-20-14-6-3-4-7-16(14)21-17-9-8-13(18)12-15(17)20/h25,27,34-47,49-52,75H,26,28-33H2,1-24H3,(H,63,77)(H,64,76)(H,65,79)(H,66,78);3-4,6-9,12H,5,10-11H2,1-2H3/b27-25+;/t40-,41+,42-,43+,44+,45+,46+,47+,49+,50+,51+,52-;/m1./s1. The zero-order chi connectivity index (χ0) is 80.8. The summed E-state index contributed by atoms with van der Waals surface area (Å²) >= 11 is 8.03. The Balaban J connectivity index is 0.00000117. The molecule has 2 aromatic rings. The molecular weight excluding hydrogens is 1390 g/mol. The van der Waals surface area contributed by atoms with E-state index in [4.69, 9.17) is 11.6 Å². The third kappa shape index (κ3) is 26.0. The molecule has 0 spiro atoms. The van der Waals surface area contributed by atoms with Gasteiger partial charge in [-0.15, -0.1) is 0 Å². The smallest absolute Gasteiger partial charge is 0.246 e. The molecular formula is C79H130ClN13O12S. The minimum atomic E-state index is -1.61. The number of amides is 11. The molecule has 0 aliphatic carbocycles. The number of nitrogens with zero attached hydrogens (tertiary/aromatic N) is 9. The van der Waals surface area contributed by atoms with Gasteiger partial charge in [0.25, 0.3) is 0 Å². The average molecular weight is 1520 g/mol. The summed E-state index contributed by atoms with van der Waals surface area (Å²) in [6.45, 7) is 31.4. The van der Waals surface area contributed by atoms with E-state index in [2.05, 4.69) is 81.6 Å². The van der Waals surface area contributed by atoms with E-state index < -0.39 is 156 Å². The maximum Gasteiger partial charge on any atom is 0.246 e. The van der Waals surface area contributed by atoms with Crippen molar-refractivity contribution in [2.45, 2.75) is 239 Å². The summed E-state index contributed by atoms with van der Waals surface area (Å²) in [5, 5.41) is 23.9. The van der Waals surface area contributed by atoms with Crippen LogP contribution < -0.4 is 26.2 Å². The number of benzene rings is 2. The van der Waals surface area contributed by atoms with Crippen LogP contribution in [-0.2, 0) is 52.7 Å². The number of likely N-dealkylation sites (N-methyl/N-ethyl adjacent to an activating group) is 7. The van der Waals surface area contributed by atoms with Crippen LogP contribution in [0.15, 0.2) is 64.4 Å². The monoisotopic (exact) mass is 1520 g/mol. The number of aliphatic hydroxyl groups is 1. The molecule has 11 amide bonds. The third-order valence-corrected chi connectivity index (χ3v) is 21.0. The number of carbonyl (C=O) groups is 11. The van der Waals surface area contributed by atoms with E-state index in [1.54, 1.807) is 54.5 Å². The van der Waals surface area contributed by atoms with Crippen LogP contribution in [0, 0.1) is 41.4 Å². The highest BCUT2D eigenvalue weighted by Gasteiger charge is 2.46. The molecule has 0 aromatic heterocycles. The van der Waals surface area contributed by atoms with E-state index in [0.29, 0.717) is 6.42 Å². The second-order valence-electron chi connectivity index (χ2n) is 31.6. The molecule has 0 unspecified atom stereocenters. The van der Waals surface area contributed by atoms with Crippen molar-refractivity contribution in [2.24, 2.45) is 41.4 Å². The maximum absolute atomic E-state index is 15.1. The molecule has 2 aromatic carbocycles. The lowest BCUT2D eigenvalue weighted by Crippen LogP contribution is -2.63. The van der Waals surface area contributed by atoms with Gasteiger partial charge < -0.3 is 70.5 Å². The Morgan fingerprint density at radius 3 is 1.54 bits per heavy atom. The first-order valence-corrected chi connectivity index (χ1v) is 38.9. The molecule has 2 aliphatic rings. The van der Waals surface area contributed by atoms with E-state index in [9.17, 15) is 48.3 Å². The van der Waals surface area contributed by atoms with Crippen molar-refractivity contribution in [2.75, 3.05) is 88.0 Å². The Morgan fingerprint density at radius 1 is 0.538 bits per heavy atom. The molecule has 1 fully saturated rings. The number of carbonyl (C=O) groups excluding carboxylic acids is 11. The van der Waals surface area contributed by atoms with Gasteiger partial charge >= 0.3 is 0 Å². The summed E-state index contributed by atoms with van der Waals surface area (Å²) in [5.74, 6) is -9.71. The van der Waals surface area contributed by atoms with Crippen LogP contribution in [0.2, 0.25) is 5.02 Å². The van der Waals surface area contributed by atoms with Crippen LogP contribution in [-0.4, -0.2) is 259 Å². The lowest BCUT2D eigenvalue weighted by atomic mass is 9.91. The number of halogens is 1. The van der Waals surface area contributed by atoms with Gasteiger partial charge in [0.15, 0.2) is 0 Å². The van der Waals surface area contributed by atoms with E-state index in [0.717, 1.165) is 34.3 Å². The van der Waals surface area contributed by atoms with Gasteiger partial charge in [-0.05, 0) is 158 Å². The van der Waals surface area contributed by atoms with Crippen molar-refractivity contribution >= 4 is 99.7 Å². The molecule has 27 heteroatoms. The highest BCUT2D eigenvalue weighted by molar-refractivity contribution is 7.99. The van der Waals surface area contributed by atoms with E-state index in [1.165, 1.54) is 109 Å². The Kier molecular flexibility index (Phi) is 37.7. The number of para-hydroxylation sites is 1. The number of rotatable bonds is 19. The average Bonchev–Trinajstić information content (AvgIpc) is 0.783. The lowest BCUT2D eigenvalue weighted by Gasteiger charge is -2.41. The van der Waals surface area contributed by atoms with Crippen molar-refractivity contribution in [3.05, 3.63) is 59.6 Å². The Labute approximate surface area is 642 Å². The first kappa shape index (κ1) is 92.9. The Hall–Kier alpha value is -7.29. The zero-order valence-corrected chi connectivity index (χ0v) is 70.0. The lowest BCUT2D eigenvalue weighted by molar-refractivity contribution is -0.157. The molecule has 0 radical (unpaired) electrons. The van der Waals surface area contributed by atoms with Gasteiger partial charge in [0, 0.05) is 70.7 Å². The topological polar surface area (TPSA) is 285 Å². The van der Waals surface area contributed by atoms with Crippen molar-refractivity contribution in [3.8, 4) is 0 Å². The van der Waals surface area contributed by atoms with Crippen LogP contribution in [0.5, 0.6) is 0 Å². The van der Waals surface area contributed by atoms with Gasteiger partial charge in [0.2, 0.25) is 65.0 Å². The highest BCUT2D eigenvalue weighted by Crippen LogP contribution is 2.49. The number of hydrogen-bond acceptors (Lipinski definition) is 15. The molecule has 0 saturated carbocycles. The van der Waals surface area contributed by atoms with Gasteiger partial charge in [0.1, 0.15) is 60.4 Å². The van der Waals surface area contributed by atoms with Crippen molar-refractivity contribution in [1.82, 2.24) is 60.5 Å². The third-order valence-electron chi connectivity index (χ3n) is 19.7. The fourth-order valence-electron chi connectivity index (χ4n) is 13.3. The van der Waals surface area contributed by atoms with Crippen LogP contribution in [0.25, 0.3) is 0 Å². The first-order chi connectivity index (χ1) is 49.4. The summed E-state index contributed by atoms with van der Waals surface area (Å²) in [7, 11) is 14.1. The Bertz CT molecular complexity index is 3330. The van der Waals surface area contributed by atoms with Crippen LogP contribution in [0.4, 0.5) is 11.4 Å². The molecule has 596 valence electrons. The second-order valence-corrected chi connectivity index (χ2v) is 33.1. The molecule has 12 atom stereocenters. The minimum absolute atomic E-state index is 0.0229. The minimum Gasteiger partial charge on any atom is -0.390 e. The zero-order valence-electron chi connectivity index (χ0n) is 68.4. The fraction of sp³-hybridized carbons (Fsp3) is 0.684. The molecule has 2 aliphatic heterocycles. The molecule has 5 N–H and O–H groups in total. The largest absolute Gasteiger partial charge is 0.390 e. The van der Waals surface area contributed by atoms with Gasteiger partial charge in [0.05, 0.1) is 24.0 Å². The normalized spacial score (nSPS) is 24.2. The van der Waals surface area contributed by atoms with Gasteiger partial charge in [-0.2, -0.15) is 0 Å². The molecule has 2 heterocycles. The second kappa shape index (κ2) is 43.0. The number of anilines is 2. The van der Waals surface area contributed by atoms with Crippen LogP contribution in [0.3, 0.4) is 0 Å². The van der Waals surface area contributed by atoms with Gasteiger partial charge in [-0.25, -0.2) is 0 Å². The van der Waals surface area contributed by atoms with Crippen molar-refractivity contribution in [3.63, 3.8) is 0 Å².